The van der Waals surface area contributed by atoms with Crippen molar-refractivity contribution in [2.75, 3.05) is 36.5 Å². The average Bonchev–Trinajstić information content (AvgIpc) is 2.91. The van der Waals surface area contributed by atoms with Crippen LogP contribution in [-0.2, 0) is 11.3 Å². The van der Waals surface area contributed by atoms with E-state index < -0.39 is 0 Å². The molecule has 4 heterocycles. The lowest BCUT2D eigenvalue weighted by Gasteiger charge is -2.29. The van der Waals surface area contributed by atoms with Gasteiger partial charge in [-0.3, -0.25) is 14.8 Å². The topological polar surface area (TPSA) is 83.1 Å². The van der Waals surface area contributed by atoms with Crippen molar-refractivity contribution in [1.29, 1.82) is 0 Å². The molecule has 0 unspecified atom stereocenters. The van der Waals surface area contributed by atoms with Crippen molar-refractivity contribution in [3.63, 3.8) is 0 Å². The van der Waals surface area contributed by atoms with Crippen LogP contribution in [0, 0.1) is 6.92 Å². The fourth-order valence-electron chi connectivity index (χ4n) is 4.31. The van der Waals surface area contributed by atoms with Crippen LogP contribution in [0.2, 0.25) is 0 Å². The molecule has 182 valence electrons. The highest BCUT2D eigenvalue weighted by Crippen LogP contribution is 2.52. The van der Waals surface area contributed by atoms with Crippen LogP contribution < -0.4 is 15.8 Å². The van der Waals surface area contributed by atoms with Gasteiger partial charge in [-0.05, 0) is 37.3 Å². The maximum Gasteiger partial charge on any atom is 0.250 e. The number of nitrogens with zero attached hydrogens (tertiary/aromatic N) is 3. The summed E-state index contributed by atoms with van der Waals surface area (Å²) in [6.45, 7) is 5.51. The Balaban J connectivity index is 1.26. The molecule has 2 N–H and O–H groups in total. The monoisotopic (exact) mass is 515 g/mol. The second-order valence-corrected chi connectivity index (χ2v) is 10.9. The van der Waals surface area contributed by atoms with Crippen molar-refractivity contribution in [3.8, 4) is 11.3 Å². The van der Waals surface area contributed by atoms with Crippen molar-refractivity contribution in [2.24, 2.45) is 0 Å². The van der Waals surface area contributed by atoms with Crippen LogP contribution in [0.25, 0.3) is 11.3 Å². The van der Waals surface area contributed by atoms with Crippen LogP contribution in [0.4, 0.5) is 11.4 Å². The van der Waals surface area contributed by atoms with Crippen LogP contribution in [0.1, 0.15) is 11.4 Å². The minimum atomic E-state index is -0.0885. The highest BCUT2D eigenvalue weighted by Gasteiger charge is 2.22. The van der Waals surface area contributed by atoms with Gasteiger partial charge in [0.05, 0.1) is 43.0 Å². The Morgan fingerprint density at radius 3 is 2.72 bits per heavy atom. The molecule has 0 aliphatic carbocycles. The summed E-state index contributed by atoms with van der Waals surface area (Å²) in [5.41, 5.74) is 5.61. The SMILES string of the molecule is Cc1cnc(CNc2ccc3c(c2)Sc2cccc(-c4cc(N5CCOCC5)cc(=O)[nH]4)c2S3)cn1. The normalized spacial score (nSPS) is 14.8. The van der Waals surface area contributed by atoms with Gasteiger partial charge in [0.2, 0.25) is 5.56 Å². The average molecular weight is 516 g/mol. The number of ether oxygens (including phenoxy) is 1. The molecule has 1 saturated heterocycles. The van der Waals surface area contributed by atoms with E-state index in [9.17, 15) is 4.79 Å². The van der Waals surface area contributed by atoms with Crippen LogP contribution in [-0.4, -0.2) is 41.3 Å². The molecular weight excluding hydrogens is 490 g/mol. The third kappa shape index (κ3) is 4.86. The molecule has 0 spiro atoms. The molecule has 36 heavy (non-hydrogen) atoms. The molecule has 0 amide bonds. The van der Waals surface area contributed by atoms with Gasteiger partial charge in [0, 0.05) is 61.9 Å². The Morgan fingerprint density at radius 1 is 1.00 bits per heavy atom. The summed E-state index contributed by atoms with van der Waals surface area (Å²) >= 11 is 3.51. The van der Waals surface area contributed by atoms with E-state index in [0.717, 1.165) is 47.1 Å². The van der Waals surface area contributed by atoms with E-state index in [1.54, 1.807) is 35.8 Å². The Hall–Kier alpha value is -3.27. The van der Waals surface area contributed by atoms with Gasteiger partial charge in [-0.15, -0.1) is 0 Å². The molecule has 0 saturated carbocycles. The van der Waals surface area contributed by atoms with Crippen molar-refractivity contribution < 1.29 is 4.74 Å². The first kappa shape index (κ1) is 23.1. The third-order valence-corrected chi connectivity index (χ3v) is 8.75. The van der Waals surface area contributed by atoms with Gasteiger partial charge in [0.25, 0.3) is 0 Å². The van der Waals surface area contributed by atoms with E-state index in [4.69, 9.17) is 4.74 Å². The molecule has 2 aliphatic heterocycles. The summed E-state index contributed by atoms with van der Waals surface area (Å²) in [6.07, 6.45) is 3.59. The van der Waals surface area contributed by atoms with E-state index in [2.05, 4.69) is 67.6 Å². The number of anilines is 2. The highest BCUT2D eigenvalue weighted by molar-refractivity contribution is 8.05. The molecule has 0 bridgehead atoms. The molecule has 6 rings (SSSR count). The molecule has 0 atom stereocenters. The summed E-state index contributed by atoms with van der Waals surface area (Å²) in [4.78, 5) is 31.4. The Kier molecular flexibility index (Phi) is 6.43. The molecular formula is C27H25N5O2S2. The van der Waals surface area contributed by atoms with Gasteiger partial charge in [-0.25, -0.2) is 0 Å². The van der Waals surface area contributed by atoms with Gasteiger partial charge in [-0.2, -0.15) is 0 Å². The number of aryl methyl sites for hydroxylation is 1. The summed E-state index contributed by atoms with van der Waals surface area (Å²) in [6, 6.07) is 16.5. The zero-order valence-corrected chi connectivity index (χ0v) is 21.4. The van der Waals surface area contributed by atoms with Gasteiger partial charge in [0.15, 0.2) is 0 Å². The number of morpholine rings is 1. The molecule has 1 fully saturated rings. The third-order valence-electron chi connectivity index (χ3n) is 6.16. The Morgan fingerprint density at radius 2 is 1.89 bits per heavy atom. The number of aromatic amines is 1. The van der Waals surface area contributed by atoms with Crippen molar-refractivity contribution >= 4 is 34.9 Å². The van der Waals surface area contributed by atoms with Crippen LogP contribution in [0.3, 0.4) is 0 Å². The number of rotatable bonds is 5. The first-order valence-corrected chi connectivity index (χ1v) is 13.5. The first-order chi connectivity index (χ1) is 17.6. The van der Waals surface area contributed by atoms with E-state index >= 15 is 0 Å². The Bertz CT molecular complexity index is 1470. The van der Waals surface area contributed by atoms with Gasteiger partial charge in [0.1, 0.15) is 0 Å². The summed E-state index contributed by atoms with van der Waals surface area (Å²) in [5.74, 6) is 0. The fourth-order valence-corrected chi connectivity index (χ4v) is 6.72. The van der Waals surface area contributed by atoms with Gasteiger partial charge in [-0.1, -0.05) is 35.7 Å². The lowest BCUT2D eigenvalue weighted by atomic mass is 10.1. The number of hydrogen-bond donors (Lipinski definition) is 2. The zero-order chi connectivity index (χ0) is 24.5. The van der Waals surface area contributed by atoms with E-state index in [1.165, 1.54) is 19.6 Å². The maximum absolute atomic E-state index is 12.6. The van der Waals surface area contributed by atoms with Gasteiger partial charge < -0.3 is 19.9 Å². The van der Waals surface area contributed by atoms with E-state index in [-0.39, 0.29) is 5.56 Å². The second-order valence-electron chi connectivity index (χ2n) is 8.72. The predicted octanol–water partition coefficient (Wildman–Crippen LogP) is 5.20. The lowest BCUT2D eigenvalue weighted by molar-refractivity contribution is 0.122. The number of nitrogens with one attached hydrogen (secondary N) is 2. The highest BCUT2D eigenvalue weighted by atomic mass is 32.2. The number of aromatic nitrogens is 3. The lowest BCUT2D eigenvalue weighted by Crippen LogP contribution is -2.36. The van der Waals surface area contributed by atoms with Gasteiger partial charge >= 0.3 is 0 Å². The number of hydrogen-bond acceptors (Lipinski definition) is 8. The maximum atomic E-state index is 12.6. The molecule has 2 aromatic carbocycles. The van der Waals surface area contributed by atoms with Crippen LogP contribution >= 0.6 is 23.5 Å². The number of benzene rings is 2. The predicted molar refractivity (Wildman–Crippen MR) is 144 cm³/mol. The number of fused-ring (bicyclic) bond motifs is 2. The van der Waals surface area contributed by atoms with E-state index in [1.807, 2.05) is 13.1 Å². The summed E-state index contributed by atoms with van der Waals surface area (Å²) < 4.78 is 5.48. The second kappa shape index (κ2) is 10.0. The van der Waals surface area contributed by atoms with Crippen molar-refractivity contribution in [2.45, 2.75) is 33.1 Å². The van der Waals surface area contributed by atoms with Crippen LogP contribution in [0.15, 0.2) is 85.3 Å². The fraction of sp³-hybridized carbons (Fsp3) is 0.222. The molecule has 2 aliphatic rings. The quantitative estimate of drug-likeness (QED) is 0.330. The van der Waals surface area contributed by atoms with E-state index in [0.29, 0.717) is 19.8 Å². The zero-order valence-electron chi connectivity index (χ0n) is 19.8. The molecule has 9 heteroatoms. The van der Waals surface area contributed by atoms with Crippen molar-refractivity contribution in [1.82, 2.24) is 15.0 Å². The van der Waals surface area contributed by atoms with Crippen molar-refractivity contribution in [3.05, 3.63) is 82.7 Å². The Labute approximate surface area is 217 Å². The molecule has 0 radical (unpaired) electrons. The summed E-state index contributed by atoms with van der Waals surface area (Å²) in [7, 11) is 0. The smallest absolute Gasteiger partial charge is 0.250 e. The van der Waals surface area contributed by atoms with Crippen LogP contribution in [0.5, 0.6) is 0 Å². The molecule has 7 nitrogen and oxygen atoms in total. The first-order valence-electron chi connectivity index (χ1n) is 11.8. The largest absolute Gasteiger partial charge is 0.379 e. The molecule has 2 aromatic heterocycles. The summed E-state index contributed by atoms with van der Waals surface area (Å²) in [5, 5.41) is 3.46. The minimum Gasteiger partial charge on any atom is -0.379 e. The number of H-pyrrole nitrogens is 1. The number of pyridine rings is 1. The minimum absolute atomic E-state index is 0.0885. The standard InChI is InChI=1S/C27H25N5O2S2/c1-17-14-29-19(15-28-17)16-30-18-5-6-23-25(11-18)35-24-4-2-3-21(27(24)36-23)22-12-20(13-26(33)31-22)32-7-9-34-10-8-32/h2-6,11-15,30H,7-10,16H2,1H3,(H,31,33). The molecule has 4 aromatic rings.